The summed E-state index contributed by atoms with van der Waals surface area (Å²) in [4.78, 5) is 0. The topological polar surface area (TPSA) is 71.4 Å². The van der Waals surface area contributed by atoms with Crippen LogP contribution in [0, 0.1) is 0 Å². The van der Waals surface area contributed by atoms with E-state index in [1.54, 1.807) is 18.2 Å². The van der Waals surface area contributed by atoms with Crippen LogP contribution in [0.5, 0.6) is 11.8 Å². The minimum absolute atomic E-state index is 0.0819. The van der Waals surface area contributed by atoms with Crippen molar-refractivity contribution in [2.75, 3.05) is 5.73 Å². The van der Waals surface area contributed by atoms with E-state index in [2.05, 4.69) is 0 Å². The van der Waals surface area contributed by atoms with Crippen molar-refractivity contribution in [2.24, 2.45) is 0 Å². The number of hydrogen-bond donors (Lipinski definition) is 3. The van der Waals surface area contributed by atoms with Gasteiger partial charge in [0.25, 0.3) is 0 Å². The van der Waals surface area contributed by atoms with Gasteiger partial charge in [0.15, 0.2) is 11.8 Å². The first kappa shape index (κ1) is 9.73. The molecule has 0 aliphatic heterocycles. The largest absolute Gasteiger partial charge is 0.494 e. The molecule has 0 saturated heterocycles. The maximum Gasteiger partial charge on any atom is 0.198 e. The summed E-state index contributed by atoms with van der Waals surface area (Å²) in [5.41, 5.74) is 6.59. The summed E-state index contributed by atoms with van der Waals surface area (Å²) in [6, 6.07) is 7.56. The third-order valence-electron chi connectivity index (χ3n) is 2.07. The van der Waals surface area contributed by atoms with Gasteiger partial charge in [-0.25, -0.2) is 4.57 Å². The first-order chi connectivity index (χ1) is 7.09. The Morgan fingerprint density at radius 1 is 1.07 bits per heavy atom. The van der Waals surface area contributed by atoms with E-state index < -0.39 is 0 Å². The molecule has 5 heteroatoms. The first-order valence-electron chi connectivity index (χ1n) is 4.24. The highest BCUT2D eigenvalue weighted by atomic mass is 35.5. The number of halogens is 1. The molecule has 0 aliphatic rings. The van der Waals surface area contributed by atoms with Crippen molar-refractivity contribution in [1.29, 1.82) is 0 Å². The van der Waals surface area contributed by atoms with Gasteiger partial charge in [0, 0.05) is 17.2 Å². The Morgan fingerprint density at radius 2 is 1.67 bits per heavy atom. The lowest BCUT2D eigenvalue weighted by Gasteiger charge is -2.09. The number of hydrogen-bond acceptors (Lipinski definition) is 3. The summed E-state index contributed by atoms with van der Waals surface area (Å²) >= 11 is 5.74. The Hall–Kier alpha value is -1.81. The van der Waals surface area contributed by atoms with Crippen LogP contribution in [0.1, 0.15) is 0 Å². The second-order valence-electron chi connectivity index (χ2n) is 3.09. The highest BCUT2D eigenvalue weighted by molar-refractivity contribution is 6.30. The lowest BCUT2D eigenvalue weighted by Crippen LogP contribution is -1.98. The van der Waals surface area contributed by atoms with Gasteiger partial charge in [-0.15, -0.1) is 0 Å². The Labute approximate surface area is 91.1 Å². The summed E-state index contributed by atoms with van der Waals surface area (Å²) < 4.78 is 1.23. The zero-order chi connectivity index (χ0) is 11.0. The van der Waals surface area contributed by atoms with Gasteiger partial charge in [0.2, 0.25) is 0 Å². The van der Waals surface area contributed by atoms with E-state index in [0.29, 0.717) is 16.4 Å². The summed E-state index contributed by atoms with van der Waals surface area (Å²) in [6.07, 6.45) is 0. The molecule has 2 rings (SSSR count). The lowest BCUT2D eigenvalue weighted by molar-refractivity contribution is 0.403. The summed E-state index contributed by atoms with van der Waals surface area (Å²) in [7, 11) is 0. The van der Waals surface area contributed by atoms with Crippen molar-refractivity contribution in [2.45, 2.75) is 0 Å². The monoisotopic (exact) mass is 224 g/mol. The van der Waals surface area contributed by atoms with E-state index in [1.807, 2.05) is 0 Å². The minimum atomic E-state index is -0.0819. The van der Waals surface area contributed by atoms with Crippen LogP contribution in [0.2, 0.25) is 5.02 Å². The lowest BCUT2D eigenvalue weighted by atomic mass is 10.2. The van der Waals surface area contributed by atoms with Crippen LogP contribution in [-0.4, -0.2) is 14.8 Å². The van der Waals surface area contributed by atoms with Crippen LogP contribution in [0.25, 0.3) is 5.69 Å². The molecular weight excluding hydrogens is 216 g/mol. The normalized spacial score (nSPS) is 10.5. The van der Waals surface area contributed by atoms with Crippen molar-refractivity contribution < 1.29 is 10.2 Å². The Bertz CT molecular complexity index is 489. The number of benzene rings is 1. The molecule has 15 heavy (non-hydrogen) atoms. The van der Waals surface area contributed by atoms with E-state index in [-0.39, 0.29) is 11.8 Å². The summed E-state index contributed by atoms with van der Waals surface area (Å²) in [5.74, 6) is -0.164. The van der Waals surface area contributed by atoms with Crippen LogP contribution in [0.3, 0.4) is 0 Å². The summed E-state index contributed by atoms with van der Waals surface area (Å²) in [6.45, 7) is 0. The van der Waals surface area contributed by atoms with Crippen molar-refractivity contribution in [3.63, 3.8) is 0 Å². The van der Waals surface area contributed by atoms with Gasteiger partial charge in [-0.3, -0.25) is 0 Å². The minimum Gasteiger partial charge on any atom is -0.494 e. The van der Waals surface area contributed by atoms with E-state index in [0.717, 1.165) is 0 Å². The molecule has 78 valence electrons. The average Bonchev–Trinajstić information content (AvgIpc) is 2.48. The fraction of sp³-hybridized carbons (Fsp3) is 0. The SMILES string of the molecule is Nc1cc(Cl)ccc1-n1c(O)ccc1O. The van der Waals surface area contributed by atoms with Gasteiger partial charge in [-0.05, 0) is 18.2 Å². The van der Waals surface area contributed by atoms with Crippen LogP contribution >= 0.6 is 11.6 Å². The molecule has 0 spiro atoms. The van der Waals surface area contributed by atoms with Crippen LogP contribution < -0.4 is 5.73 Å². The van der Waals surface area contributed by atoms with Crippen LogP contribution in [0.15, 0.2) is 30.3 Å². The molecule has 0 saturated carbocycles. The van der Waals surface area contributed by atoms with Crippen molar-refractivity contribution in [3.8, 4) is 17.4 Å². The molecule has 1 aromatic heterocycles. The molecule has 0 bridgehead atoms. The molecule has 0 radical (unpaired) electrons. The van der Waals surface area contributed by atoms with Crippen molar-refractivity contribution in [3.05, 3.63) is 35.4 Å². The highest BCUT2D eigenvalue weighted by Crippen LogP contribution is 2.31. The van der Waals surface area contributed by atoms with Gasteiger partial charge in [-0.1, -0.05) is 11.6 Å². The molecule has 2 aromatic rings. The molecule has 0 amide bonds. The molecule has 0 atom stereocenters. The molecule has 4 nitrogen and oxygen atoms in total. The smallest absolute Gasteiger partial charge is 0.198 e. The van der Waals surface area contributed by atoms with Crippen molar-refractivity contribution >= 4 is 17.3 Å². The molecule has 0 fully saturated rings. The Morgan fingerprint density at radius 3 is 2.20 bits per heavy atom. The maximum absolute atomic E-state index is 9.49. The second kappa shape index (κ2) is 3.40. The molecule has 0 aliphatic carbocycles. The third-order valence-corrected chi connectivity index (χ3v) is 2.31. The van der Waals surface area contributed by atoms with Gasteiger partial charge in [0.1, 0.15) is 0 Å². The fourth-order valence-electron chi connectivity index (χ4n) is 1.39. The zero-order valence-electron chi connectivity index (χ0n) is 7.68. The maximum atomic E-state index is 9.49. The molecule has 1 aromatic carbocycles. The number of aromatic nitrogens is 1. The summed E-state index contributed by atoms with van der Waals surface area (Å²) in [5, 5.41) is 19.5. The van der Waals surface area contributed by atoms with E-state index in [9.17, 15) is 10.2 Å². The predicted molar refractivity (Wildman–Crippen MR) is 58.5 cm³/mol. The van der Waals surface area contributed by atoms with E-state index in [1.165, 1.54) is 16.7 Å². The Kier molecular flexibility index (Phi) is 2.21. The molecular formula is C10H9ClN2O2. The number of aromatic hydroxyl groups is 2. The standard InChI is InChI=1S/C10H9ClN2O2/c11-6-1-2-8(7(12)5-6)13-9(14)3-4-10(13)15/h1-5,14-15H,12H2. The molecule has 0 unspecified atom stereocenters. The quantitative estimate of drug-likeness (QED) is 0.650. The molecule has 1 heterocycles. The number of nitrogens with zero attached hydrogens (tertiary/aromatic N) is 1. The second-order valence-corrected chi connectivity index (χ2v) is 3.52. The first-order valence-corrected chi connectivity index (χ1v) is 4.62. The molecule has 4 N–H and O–H groups in total. The van der Waals surface area contributed by atoms with Gasteiger partial charge < -0.3 is 15.9 Å². The van der Waals surface area contributed by atoms with Crippen LogP contribution in [-0.2, 0) is 0 Å². The van der Waals surface area contributed by atoms with E-state index in [4.69, 9.17) is 17.3 Å². The van der Waals surface area contributed by atoms with Gasteiger partial charge in [-0.2, -0.15) is 0 Å². The number of nitrogens with two attached hydrogens (primary N) is 1. The number of anilines is 1. The van der Waals surface area contributed by atoms with Gasteiger partial charge in [0.05, 0.1) is 11.4 Å². The van der Waals surface area contributed by atoms with Gasteiger partial charge >= 0.3 is 0 Å². The number of nitrogen functional groups attached to an aromatic ring is 1. The number of rotatable bonds is 1. The third kappa shape index (κ3) is 1.59. The Balaban J connectivity index is 2.64. The van der Waals surface area contributed by atoms with E-state index >= 15 is 0 Å². The van der Waals surface area contributed by atoms with Crippen molar-refractivity contribution in [1.82, 2.24) is 4.57 Å². The fourth-order valence-corrected chi connectivity index (χ4v) is 1.57. The predicted octanol–water partition coefficient (Wildman–Crippen LogP) is 2.12. The van der Waals surface area contributed by atoms with Crippen LogP contribution in [0.4, 0.5) is 5.69 Å². The average molecular weight is 225 g/mol. The zero-order valence-corrected chi connectivity index (χ0v) is 8.44. The highest BCUT2D eigenvalue weighted by Gasteiger charge is 2.10.